The first-order valence-corrected chi connectivity index (χ1v) is 7.08. The van der Waals surface area contributed by atoms with Crippen LogP contribution in [0.3, 0.4) is 0 Å². The number of fused-ring (bicyclic) bond motifs is 1. The largest absolute Gasteiger partial charge is 0.359 e. The molecule has 1 aliphatic carbocycles. The highest BCUT2D eigenvalue weighted by atomic mass is 15.3. The van der Waals surface area contributed by atoms with Crippen LogP contribution in [-0.2, 0) is 13.0 Å². The minimum atomic E-state index is 0.502. The summed E-state index contributed by atoms with van der Waals surface area (Å²) in [6, 6.07) is 2.28. The third-order valence-corrected chi connectivity index (χ3v) is 3.69. The van der Waals surface area contributed by atoms with Crippen LogP contribution in [0.1, 0.15) is 12.1 Å². The number of nitrogens with zero attached hydrogens (tertiary/aromatic N) is 4. The second kappa shape index (κ2) is 5.63. The van der Waals surface area contributed by atoms with E-state index in [1.807, 2.05) is 4.68 Å². The highest BCUT2D eigenvalue weighted by Gasteiger charge is 2.10. The van der Waals surface area contributed by atoms with Gasteiger partial charge < -0.3 is 9.88 Å². The van der Waals surface area contributed by atoms with Gasteiger partial charge in [-0.25, -0.2) is 4.98 Å². The predicted molar refractivity (Wildman–Crippen MR) is 79.4 cm³/mol. The van der Waals surface area contributed by atoms with Crippen LogP contribution >= 0.6 is 0 Å². The van der Waals surface area contributed by atoms with Gasteiger partial charge in [-0.15, -0.1) is 0 Å². The molecule has 0 fully saturated rings. The van der Waals surface area contributed by atoms with Gasteiger partial charge in [0.05, 0.1) is 0 Å². The van der Waals surface area contributed by atoms with Gasteiger partial charge in [-0.2, -0.15) is 5.10 Å². The summed E-state index contributed by atoms with van der Waals surface area (Å²) in [5.41, 5.74) is 1.32. The zero-order valence-corrected chi connectivity index (χ0v) is 12.1. The van der Waals surface area contributed by atoms with Crippen LogP contribution in [0.4, 0.5) is 0 Å². The Bertz CT molecular complexity index is 666. The summed E-state index contributed by atoms with van der Waals surface area (Å²) in [4.78, 5) is 9.72. The first-order chi connectivity index (χ1) is 9.70. The number of H-pyrrole nitrogens is 1. The van der Waals surface area contributed by atoms with Gasteiger partial charge >= 0.3 is 0 Å². The van der Waals surface area contributed by atoms with Crippen molar-refractivity contribution in [3.8, 4) is 0 Å². The fourth-order valence-corrected chi connectivity index (χ4v) is 2.62. The molecule has 1 N–H and O–H groups in total. The lowest BCUT2D eigenvalue weighted by Gasteiger charge is -2.11. The first kappa shape index (κ1) is 13.1. The summed E-state index contributed by atoms with van der Waals surface area (Å²) >= 11 is 0. The van der Waals surface area contributed by atoms with Crippen molar-refractivity contribution in [1.82, 2.24) is 24.6 Å². The molecule has 1 unspecified atom stereocenters. The van der Waals surface area contributed by atoms with E-state index in [2.05, 4.69) is 52.3 Å². The summed E-state index contributed by atoms with van der Waals surface area (Å²) < 4.78 is 1.90. The lowest BCUT2D eigenvalue weighted by atomic mass is 10.0. The molecule has 0 radical (unpaired) electrons. The van der Waals surface area contributed by atoms with Crippen molar-refractivity contribution < 1.29 is 0 Å². The number of rotatable bonds is 5. The Labute approximate surface area is 118 Å². The number of likely N-dealkylation sites (N-methyl/N-ethyl adjacent to an activating group) is 1. The molecule has 1 atom stereocenters. The van der Waals surface area contributed by atoms with Gasteiger partial charge in [-0.1, -0.05) is 12.2 Å². The normalized spacial score (nSPS) is 17.6. The van der Waals surface area contributed by atoms with Crippen molar-refractivity contribution in [2.75, 3.05) is 20.6 Å². The van der Waals surface area contributed by atoms with E-state index in [9.17, 15) is 0 Å². The zero-order valence-electron chi connectivity index (χ0n) is 12.1. The number of hydrogen-bond donors (Lipinski definition) is 1. The minimum absolute atomic E-state index is 0.502. The minimum Gasteiger partial charge on any atom is -0.359 e. The van der Waals surface area contributed by atoms with Crippen LogP contribution in [0.15, 0.2) is 18.7 Å². The zero-order chi connectivity index (χ0) is 13.9. The Morgan fingerprint density at radius 3 is 3.10 bits per heavy atom. The Morgan fingerprint density at radius 2 is 2.35 bits per heavy atom. The van der Waals surface area contributed by atoms with Crippen LogP contribution in [-0.4, -0.2) is 45.3 Å². The van der Waals surface area contributed by atoms with Crippen molar-refractivity contribution >= 4 is 12.2 Å². The van der Waals surface area contributed by atoms with Crippen LogP contribution in [0, 0.1) is 5.92 Å². The molecule has 0 saturated carbocycles. The number of aromatic amines is 1. The predicted octanol–water partition coefficient (Wildman–Crippen LogP) is -0.00860. The van der Waals surface area contributed by atoms with E-state index >= 15 is 0 Å². The highest BCUT2D eigenvalue weighted by molar-refractivity contribution is 5.39. The third-order valence-electron chi connectivity index (χ3n) is 3.69. The monoisotopic (exact) mass is 271 g/mol. The van der Waals surface area contributed by atoms with Gasteiger partial charge in [-0.05, 0) is 31.8 Å². The van der Waals surface area contributed by atoms with Crippen LogP contribution < -0.4 is 10.6 Å². The Balaban J connectivity index is 1.74. The van der Waals surface area contributed by atoms with E-state index in [0.29, 0.717) is 5.92 Å². The van der Waals surface area contributed by atoms with Crippen molar-refractivity contribution in [3.63, 3.8) is 0 Å². The van der Waals surface area contributed by atoms with E-state index in [-0.39, 0.29) is 0 Å². The third kappa shape index (κ3) is 2.99. The number of nitrogens with one attached hydrogen (secondary N) is 1. The van der Waals surface area contributed by atoms with Crippen molar-refractivity contribution in [2.45, 2.75) is 19.4 Å². The topological polar surface area (TPSA) is 49.7 Å². The Hall–Kier alpha value is -1.88. The molecule has 1 aliphatic rings. The molecule has 3 rings (SSSR count). The Morgan fingerprint density at radius 1 is 1.45 bits per heavy atom. The van der Waals surface area contributed by atoms with E-state index in [1.54, 1.807) is 12.7 Å². The maximum atomic E-state index is 4.18. The van der Waals surface area contributed by atoms with Crippen LogP contribution in [0.5, 0.6) is 0 Å². The van der Waals surface area contributed by atoms with Gasteiger partial charge in [0, 0.05) is 36.5 Å². The molecule has 0 aliphatic heterocycles. The maximum Gasteiger partial charge on any atom is 0.137 e. The molecule has 5 heteroatoms. The quantitative estimate of drug-likeness (QED) is 0.832. The number of hydrogen-bond acceptors (Lipinski definition) is 3. The summed E-state index contributed by atoms with van der Waals surface area (Å²) in [6.45, 7) is 1.97. The maximum absolute atomic E-state index is 4.18. The molecule has 106 valence electrons. The van der Waals surface area contributed by atoms with Gasteiger partial charge in [0.1, 0.15) is 12.7 Å². The van der Waals surface area contributed by atoms with Gasteiger partial charge in [0.25, 0.3) is 0 Å². The second-order valence-electron chi connectivity index (χ2n) is 5.70. The Kier molecular flexibility index (Phi) is 3.69. The van der Waals surface area contributed by atoms with Gasteiger partial charge in [0.15, 0.2) is 0 Å². The van der Waals surface area contributed by atoms with Gasteiger partial charge in [0.2, 0.25) is 0 Å². The van der Waals surface area contributed by atoms with E-state index in [1.165, 1.54) is 16.3 Å². The standard InChI is InChI=1S/C15H21N5/c1-19(2)6-5-14-8-13-7-12(3-4-15(13)18-14)9-20-11-16-10-17-20/h4,7-8,10-12,18H,3,5-6,9H2,1-2H3. The average molecular weight is 271 g/mol. The molecule has 5 nitrogen and oxygen atoms in total. The smallest absolute Gasteiger partial charge is 0.137 e. The lowest BCUT2D eigenvalue weighted by Crippen LogP contribution is -2.28. The van der Waals surface area contributed by atoms with E-state index < -0.39 is 0 Å². The van der Waals surface area contributed by atoms with Crippen molar-refractivity contribution in [2.24, 2.45) is 5.92 Å². The van der Waals surface area contributed by atoms with Crippen molar-refractivity contribution in [3.05, 3.63) is 35.0 Å². The summed E-state index contributed by atoms with van der Waals surface area (Å²) in [5, 5.41) is 6.78. The molecule has 0 amide bonds. The van der Waals surface area contributed by atoms with E-state index in [0.717, 1.165) is 25.9 Å². The lowest BCUT2D eigenvalue weighted by molar-refractivity contribution is 0.412. The molecule has 0 spiro atoms. The summed E-state index contributed by atoms with van der Waals surface area (Å²) in [5.74, 6) is 0.502. The number of aromatic nitrogens is 4. The summed E-state index contributed by atoms with van der Waals surface area (Å²) in [7, 11) is 4.21. The van der Waals surface area contributed by atoms with Gasteiger partial charge in [-0.3, -0.25) is 4.68 Å². The molecule has 2 aromatic rings. The SMILES string of the molecule is CN(C)CCc1cc2c([nH]1)=CCC(Cn1cncn1)C=2. The molecular formula is C15H21N5. The fraction of sp³-hybridized carbons (Fsp3) is 0.467. The van der Waals surface area contributed by atoms with E-state index in [4.69, 9.17) is 0 Å². The molecule has 2 aromatic heterocycles. The van der Waals surface area contributed by atoms with Crippen LogP contribution in [0.2, 0.25) is 0 Å². The first-order valence-electron chi connectivity index (χ1n) is 7.08. The fourth-order valence-electron chi connectivity index (χ4n) is 2.62. The van der Waals surface area contributed by atoms with Crippen LogP contribution in [0.25, 0.3) is 12.2 Å². The molecule has 2 heterocycles. The molecule has 0 bridgehead atoms. The second-order valence-corrected chi connectivity index (χ2v) is 5.70. The highest BCUT2D eigenvalue weighted by Crippen LogP contribution is 2.11. The molecule has 0 aromatic carbocycles. The average Bonchev–Trinajstić information content (AvgIpc) is 3.04. The molecule has 0 saturated heterocycles. The summed E-state index contributed by atoms with van der Waals surface area (Å²) in [6.07, 6.45) is 10.1. The molecular weight excluding hydrogens is 250 g/mol. The molecule has 20 heavy (non-hydrogen) atoms. The van der Waals surface area contributed by atoms with Crippen molar-refractivity contribution in [1.29, 1.82) is 0 Å².